The summed E-state index contributed by atoms with van der Waals surface area (Å²) in [6, 6.07) is 10.7. The third-order valence-corrected chi connectivity index (χ3v) is 4.94. The van der Waals surface area contributed by atoms with E-state index in [1.165, 1.54) is 5.56 Å². The summed E-state index contributed by atoms with van der Waals surface area (Å²) in [5.74, 6) is 0.625. The fourth-order valence-electron chi connectivity index (χ4n) is 3.92. The van der Waals surface area contributed by atoms with Gasteiger partial charge in [-0.1, -0.05) is 24.3 Å². The molecule has 0 saturated heterocycles. The van der Waals surface area contributed by atoms with Gasteiger partial charge in [0.05, 0.1) is 0 Å². The number of fused-ring (bicyclic) bond motifs is 3. The average molecular weight is 304 g/mol. The molecule has 2 nitrogen and oxygen atoms in total. The first-order valence-electron chi connectivity index (χ1n) is 7.60. The van der Waals surface area contributed by atoms with Gasteiger partial charge in [-0.3, -0.25) is 0 Å². The molecule has 1 heterocycles. The van der Waals surface area contributed by atoms with Gasteiger partial charge in [-0.05, 0) is 38.6 Å². The van der Waals surface area contributed by atoms with E-state index < -0.39 is 0 Å². The summed E-state index contributed by atoms with van der Waals surface area (Å²) in [4.78, 5) is 2.38. The predicted octanol–water partition coefficient (Wildman–Crippen LogP) is 4.87. The largest absolute Gasteiger partial charge is 0.507 e. The number of nitrogens with zero attached hydrogens (tertiary/aromatic N) is 1. The highest BCUT2D eigenvalue weighted by Gasteiger charge is 2.40. The Balaban J connectivity index is 2.36. The van der Waals surface area contributed by atoms with Crippen LogP contribution in [0.15, 0.2) is 30.3 Å². The van der Waals surface area contributed by atoms with Crippen LogP contribution in [0, 0.1) is 0 Å². The van der Waals surface area contributed by atoms with E-state index in [-0.39, 0.29) is 11.3 Å². The Morgan fingerprint density at radius 1 is 1.14 bits per heavy atom. The molecule has 0 radical (unpaired) electrons. The van der Waals surface area contributed by atoms with Crippen LogP contribution in [0.3, 0.4) is 0 Å². The average Bonchev–Trinajstić information content (AvgIpc) is 2.71. The summed E-state index contributed by atoms with van der Waals surface area (Å²) in [5, 5.41) is 12.5. The smallest absolute Gasteiger partial charge is 0.125 e. The van der Waals surface area contributed by atoms with Crippen molar-refractivity contribution in [3.63, 3.8) is 0 Å². The minimum atomic E-state index is 0.0513. The van der Waals surface area contributed by atoms with Gasteiger partial charge in [0, 0.05) is 40.5 Å². The molecule has 0 aliphatic carbocycles. The van der Waals surface area contributed by atoms with Crippen LogP contribution in [-0.2, 0) is 0 Å². The zero-order chi connectivity index (χ0) is 15.3. The SMILES string of the molecule is CC(Cl)C1c2c(cc(O)c3ccccc23)N(C(C)C)[C@H]1C. The van der Waals surface area contributed by atoms with Crippen molar-refractivity contribution in [2.24, 2.45) is 0 Å². The predicted molar refractivity (Wildman–Crippen MR) is 90.7 cm³/mol. The maximum Gasteiger partial charge on any atom is 0.125 e. The van der Waals surface area contributed by atoms with Crippen molar-refractivity contribution in [2.45, 2.75) is 51.1 Å². The van der Waals surface area contributed by atoms with Gasteiger partial charge < -0.3 is 10.0 Å². The van der Waals surface area contributed by atoms with Gasteiger partial charge in [0.15, 0.2) is 0 Å². The number of hydrogen-bond donors (Lipinski definition) is 1. The van der Waals surface area contributed by atoms with Crippen molar-refractivity contribution in [1.29, 1.82) is 0 Å². The number of anilines is 1. The van der Waals surface area contributed by atoms with Crippen LogP contribution in [0.1, 0.15) is 39.2 Å². The number of aromatic hydroxyl groups is 1. The fourth-order valence-corrected chi connectivity index (χ4v) is 4.26. The zero-order valence-electron chi connectivity index (χ0n) is 13.0. The fraction of sp³-hybridized carbons (Fsp3) is 0.444. The Kier molecular flexibility index (Phi) is 3.53. The maximum absolute atomic E-state index is 10.4. The molecule has 21 heavy (non-hydrogen) atoms. The van der Waals surface area contributed by atoms with Crippen LogP contribution in [-0.4, -0.2) is 22.6 Å². The monoisotopic (exact) mass is 303 g/mol. The lowest BCUT2D eigenvalue weighted by Gasteiger charge is -2.32. The second-order valence-corrected chi connectivity index (χ2v) is 7.01. The topological polar surface area (TPSA) is 23.5 Å². The molecule has 0 amide bonds. The molecule has 3 rings (SSSR count). The van der Waals surface area contributed by atoms with Gasteiger partial charge in [-0.25, -0.2) is 0 Å². The maximum atomic E-state index is 10.4. The standard InChI is InChI=1S/C18H22ClNO/c1-10(2)20-12(4)17(11(3)19)18-14-8-6-5-7-13(14)16(21)9-15(18)20/h5-12,17,21H,1-4H3/t11?,12-,17?/m0/s1. The molecular formula is C18H22ClNO. The summed E-state index contributed by atoms with van der Waals surface area (Å²) in [7, 11) is 0. The number of phenols is 1. The highest BCUT2D eigenvalue weighted by atomic mass is 35.5. The lowest BCUT2D eigenvalue weighted by Crippen LogP contribution is -2.38. The number of benzene rings is 2. The first kappa shape index (κ1) is 14.5. The number of rotatable bonds is 2. The van der Waals surface area contributed by atoms with Crippen molar-refractivity contribution < 1.29 is 5.11 Å². The summed E-state index contributed by atoms with van der Waals surface area (Å²) >= 11 is 6.53. The molecule has 1 aliphatic heterocycles. The van der Waals surface area contributed by atoms with Gasteiger partial charge in [-0.2, -0.15) is 0 Å². The van der Waals surface area contributed by atoms with Crippen molar-refractivity contribution in [3.05, 3.63) is 35.9 Å². The molecular weight excluding hydrogens is 282 g/mol. The third-order valence-electron chi connectivity index (χ3n) is 4.66. The van der Waals surface area contributed by atoms with Gasteiger partial charge in [0.25, 0.3) is 0 Å². The van der Waals surface area contributed by atoms with E-state index in [0.717, 1.165) is 16.5 Å². The molecule has 2 aromatic rings. The number of hydrogen-bond acceptors (Lipinski definition) is 2. The van der Waals surface area contributed by atoms with Gasteiger partial charge in [0.1, 0.15) is 5.75 Å². The number of phenolic OH excluding ortho intramolecular Hbond substituents is 1. The molecule has 2 unspecified atom stereocenters. The molecule has 3 heteroatoms. The quantitative estimate of drug-likeness (QED) is 0.800. The normalized spacial score (nSPS) is 22.9. The minimum Gasteiger partial charge on any atom is -0.507 e. The Morgan fingerprint density at radius 2 is 1.76 bits per heavy atom. The molecule has 0 fully saturated rings. The molecule has 2 aromatic carbocycles. The Hall–Kier alpha value is -1.41. The van der Waals surface area contributed by atoms with Crippen molar-refractivity contribution in [2.75, 3.05) is 4.90 Å². The second-order valence-electron chi connectivity index (χ2n) is 6.32. The van der Waals surface area contributed by atoms with Gasteiger partial charge >= 0.3 is 0 Å². The van der Waals surface area contributed by atoms with Crippen LogP contribution in [0.25, 0.3) is 10.8 Å². The Morgan fingerprint density at radius 3 is 2.33 bits per heavy atom. The van der Waals surface area contributed by atoms with Crippen molar-refractivity contribution >= 4 is 28.1 Å². The zero-order valence-corrected chi connectivity index (χ0v) is 13.7. The van der Waals surface area contributed by atoms with Gasteiger partial charge in [0.2, 0.25) is 0 Å². The lowest BCUT2D eigenvalue weighted by atomic mass is 9.89. The summed E-state index contributed by atoms with van der Waals surface area (Å²) in [6.45, 7) is 8.68. The van der Waals surface area contributed by atoms with Crippen molar-refractivity contribution in [3.8, 4) is 5.75 Å². The lowest BCUT2D eigenvalue weighted by molar-refractivity contribution is 0.481. The number of alkyl halides is 1. The second kappa shape index (κ2) is 5.10. The van der Waals surface area contributed by atoms with E-state index in [4.69, 9.17) is 11.6 Å². The molecule has 1 N–H and O–H groups in total. The van der Waals surface area contributed by atoms with E-state index in [2.05, 4.69) is 38.7 Å². The molecule has 0 bridgehead atoms. The molecule has 1 aliphatic rings. The van der Waals surface area contributed by atoms with Gasteiger partial charge in [-0.15, -0.1) is 11.6 Å². The first-order chi connectivity index (χ1) is 9.93. The molecule has 0 spiro atoms. The molecule has 3 atom stereocenters. The first-order valence-corrected chi connectivity index (χ1v) is 8.04. The van der Waals surface area contributed by atoms with E-state index >= 15 is 0 Å². The van der Waals surface area contributed by atoms with E-state index in [0.29, 0.717) is 17.8 Å². The van der Waals surface area contributed by atoms with Crippen LogP contribution in [0.5, 0.6) is 5.75 Å². The van der Waals surface area contributed by atoms with E-state index in [9.17, 15) is 5.11 Å². The summed E-state index contributed by atoms with van der Waals surface area (Å²) in [6.07, 6.45) is 0. The highest BCUT2D eigenvalue weighted by Crippen LogP contribution is 2.50. The van der Waals surface area contributed by atoms with Crippen LogP contribution >= 0.6 is 11.6 Å². The molecule has 112 valence electrons. The third kappa shape index (κ3) is 2.08. The Bertz CT molecular complexity index is 680. The van der Waals surface area contributed by atoms with Crippen LogP contribution in [0.4, 0.5) is 5.69 Å². The van der Waals surface area contributed by atoms with Crippen molar-refractivity contribution in [1.82, 2.24) is 0 Å². The van der Waals surface area contributed by atoms with E-state index in [1.807, 2.05) is 24.3 Å². The highest BCUT2D eigenvalue weighted by molar-refractivity contribution is 6.21. The Labute approximate surface area is 131 Å². The number of halogens is 1. The van der Waals surface area contributed by atoms with Crippen LogP contribution in [0.2, 0.25) is 0 Å². The summed E-state index contributed by atoms with van der Waals surface area (Å²) in [5.41, 5.74) is 2.42. The summed E-state index contributed by atoms with van der Waals surface area (Å²) < 4.78 is 0. The minimum absolute atomic E-state index is 0.0513. The van der Waals surface area contributed by atoms with Crippen LogP contribution < -0.4 is 4.90 Å². The molecule has 0 saturated carbocycles. The molecule has 0 aromatic heterocycles. The van der Waals surface area contributed by atoms with E-state index in [1.54, 1.807) is 0 Å².